The van der Waals surface area contributed by atoms with E-state index in [9.17, 15) is 10.2 Å². The van der Waals surface area contributed by atoms with Crippen LogP contribution in [0.4, 0.5) is 0 Å². The summed E-state index contributed by atoms with van der Waals surface area (Å²) in [6.07, 6.45) is 3.26. The van der Waals surface area contributed by atoms with Gasteiger partial charge in [0, 0.05) is 12.0 Å². The van der Waals surface area contributed by atoms with Crippen molar-refractivity contribution >= 4 is 0 Å². The summed E-state index contributed by atoms with van der Waals surface area (Å²) in [5, 5.41) is 28.1. The Labute approximate surface area is 89.3 Å². The Morgan fingerprint density at radius 2 is 2.13 bits per heavy atom. The average Bonchev–Trinajstić information content (AvgIpc) is 2.18. The Hall–Kier alpha value is -1.32. The van der Waals surface area contributed by atoms with Gasteiger partial charge in [0.2, 0.25) is 0 Å². The van der Waals surface area contributed by atoms with Gasteiger partial charge in [-0.2, -0.15) is 0 Å². The molecule has 3 nitrogen and oxygen atoms in total. The largest absolute Gasteiger partial charge is 0.508 e. The van der Waals surface area contributed by atoms with Crippen LogP contribution in [-0.2, 0) is 13.0 Å². The van der Waals surface area contributed by atoms with Gasteiger partial charge in [-0.15, -0.1) is 0 Å². The van der Waals surface area contributed by atoms with Gasteiger partial charge < -0.3 is 15.3 Å². The fraction of sp³-hybridized carbons (Fsp3) is 0.333. The van der Waals surface area contributed by atoms with Gasteiger partial charge in [-0.05, 0) is 18.6 Å². The summed E-state index contributed by atoms with van der Waals surface area (Å²) >= 11 is 0. The normalized spacial score (nSPS) is 13.3. The van der Waals surface area contributed by atoms with E-state index in [0.717, 1.165) is 5.56 Å². The fourth-order valence-electron chi connectivity index (χ4n) is 1.51. The average molecular weight is 208 g/mol. The Bertz CT molecular complexity index is 345. The first-order chi connectivity index (χ1) is 7.19. The lowest BCUT2D eigenvalue weighted by Gasteiger charge is -2.11. The van der Waals surface area contributed by atoms with Crippen molar-refractivity contribution in [3.63, 3.8) is 0 Å². The van der Waals surface area contributed by atoms with E-state index >= 15 is 0 Å². The van der Waals surface area contributed by atoms with Gasteiger partial charge in [-0.25, -0.2) is 0 Å². The lowest BCUT2D eigenvalue weighted by atomic mass is 10.0. The molecule has 1 atom stereocenters. The number of hydrogen-bond acceptors (Lipinski definition) is 3. The van der Waals surface area contributed by atoms with Crippen LogP contribution >= 0.6 is 0 Å². The highest BCUT2D eigenvalue weighted by Crippen LogP contribution is 2.22. The van der Waals surface area contributed by atoms with Gasteiger partial charge in [0.05, 0.1) is 12.7 Å². The Balaban J connectivity index is 2.89. The second-order valence-electron chi connectivity index (χ2n) is 3.37. The quantitative estimate of drug-likeness (QED) is 0.655. The maximum absolute atomic E-state index is 9.56. The number of aliphatic hydroxyl groups is 2. The number of hydrogen-bond donors (Lipinski definition) is 3. The number of aromatic hydroxyl groups is 1. The first-order valence-corrected chi connectivity index (χ1v) is 4.90. The summed E-state index contributed by atoms with van der Waals surface area (Å²) in [6, 6.07) is 5.02. The third-order valence-corrected chi connectivity index (χ3v) is 2.25. The monoisotopic (exact) mass is 208 g/mol. The Morgan fingerprint density at radius 1 is 1.40 bits per heavy atom. The molecule has 0 aromatic heterocycles. The van der Waals surface area contributed by atoms with Crippen LogP contribution in [-0.4, -0.2) is 21.4 Å². The van der Waals surface area contributed by atoms with Crippen molar-refractivity contribution < 1.29 is 15.3 Å². The minimum atomic E-state index is -0.581. The molecular formula is C12H16O3. The molecule has 0 aliphatic carbocycles. The molecule has 1 unspecified atom stereocenters. The van der Waals surface area contributed by atoms with Gasteiger partial charge in [0.1, 0.15) is 5.75 Å². The third-order valence-electron chi connectivity index (χ3n) is 2.25. The van der Waals surface area contributed by atoms with Gasteiger partial charge in [-0.1, -0.05) is 24.3 Å². The SMILES string of the molecule is CC=CC(O)Cc1cccc(O)c1CO. The maximum atomic E-state index is 9.56. The lowest BCUT2D eigenvalue weighted by Crippen LogP contribution is -2.08. The fourth-order valence-corrected chi connectivity index (χ4v) is 1.51. The summed E-state index contributed by atoms with van der Waals surface area (Å²) in [6.45, 7) is 1.61. The molecule has 0 saturated carbocycles. The van der Waals surface area contributed by atoms with E-state index < -0.39 is 6.10 Å². The van der Waals surface area contributed by atoms with Crippen LogP contribution in [0.25, 0.3) is 0 Å². The zero-order valence-corrected chi connectivity index (χ0v) is 8.72. The number of rotatable bonds is 4. The molecule has 0 aliphatic heterocycles. The molecule has 1 aromatic rings. The minimum absolute atomic E-state index is 0.0719. The number of phenols is 1. The maximum Gasteiger partial charge on any atom is 0.121 e. The second-order valence-corrected chi connectivity index (χ2v) is 3.37. The van der Waals surface area contributed by atoms with Crippen LogP contribution in [0.1, 0.15) is 18.1 Å². The van der Waals surface area contributed by atoms with Crippen LogP contribution in [0.5, 0.6) is 5.75 Å². The Kier molecular flexibility index (Phi) is 4.34. The molecule has 3 N–H and O–H groups in total. The molecule has 1 aromatic carbocycles. The number of allylic oxidation sites excluding steroid dienone is 1. The van der Waals surface area contributed by atoms with E-state index in [4.69, 9.17) is 5.11 Å². The topological polar surface area (TPSA) is 60.7 Å². The van der Waals surface area contributed by atoms with Crippen molar-refractivity contribution in [3.8, 4) is 5.75 Å². The molecule has 3 heteroatoms. The van der Waals surface area contributed by atoms with Crippen molar-refractivity contribution in [1.82, 2.24) is 0 Å². The van der Waals surface area contributed by atoms with Crippen LogP contribution in [0, 0.1) is 0 Å². The van der Waals surface area contributed by atoms with Crippen LogP contribution < -0.4 is 0 Å². The molecular weight excluding hydrogens is 192 g/mol. The summed E-state index contributed by atoms with van der Waals surface area (Å²) in [7, 11) is 0. The zero-order valence-electron chi connectivity index (χ0n) is 8.72. The highest BCUT2D eigenvalue weighted by Gasteiger charge is 2.09. The van der Waals surface area contributed by atoms with Crippen molar-refractivity contribution in [2.75, 3.05) is 0 Å². The highest BCUT2D eigenvalue weighted by molar-refractivity contribution is 5.39. The van der Waals surface area contributed by atoms with Crippen LogP contribution in [0.15, 0.2) is 30.4 Å². The predicted molar refractivity (Wildman–Crippen MR) is 58.6 cm³/mol. The van der Waals surface area contributed by atoms with Crippen molar-refractivity contribution in [1.29, 1.82) is 0 Å². The van der Waals surface area contributed by atoms with Crippen molar-refractivity contribution in [2.45, 2.75) is 26.1 Å². The molecule has 1 rings (SSSR count). The summed E-state index contributed by atoms with van der Waals surface area (Å²) < 4.78 is 0. The molecule has 0 heterocycles. The van der Waals surface area contributed by atoms with Crippen LogP contribution in [0.2, 0.25) is 0 Å². The zero-order chi connectivity index (χ0) is 11.3. The van der Waals surface area contributed by atoms with E-state index in [-0.39, 0.29) is 12.4 Å². The van der Waals surface area contributed by atoms with Crippen LogP contribution in [0.3, 0.4) is 0 Å². The van der Waals surface area contributed by atoms with Crippen molar-refractivity contribution in [2.24, 2.45) is 0 Å². The van der Waals surface area contributed by atoms with Gasteiger partial charge in [0.25, 0.3) is 0 Å². The van der Waals surface area contributed by atoms with Gasteiger partial charge in [0.15, 0.2) is 0 Å². The molecule has 0 fully saturated rings. The molecule has 0 spiro atoms. The molecule has 0 bridgehead atoms. The number of benzene rings is 1. The molecule has 0 saturated heterocycles. The molecule has 82 valence electrons. The van der Waals surface area contributed by atoms with Gasteiger partial charge in [-0.3, -0.25) is 0 Å². The van der Waals surface area contributed by atoms with Crippen molar-refractivity contribution in [3.05, 3.63) is 41.5 Å². The van der Waals surface area contributed by atoms with E-state index in [0.29, 0.717) is 12.0 Å². The Morgan fingerprint density at radius 3 is 2.73 bits per heavy atom. The van der Waals surface area contributed by atoms with E-state index in [2.05, 4.69) is 0 Å². The molecule has 0 amide bonds. The highest BCUT2D eigenvalue weighted by atomic mass is 16.3. The van der Waals surface area contributed by atoms with E-state index in [1.165, 1.54) is 6.07 Å². The first kappa shape index (κ1) is 11.8. The van der Waals surface area contributed by atoms with E-state index in [1.54, 1.807) is 24.3 Å². The number of aliphatic hydroxyl groups excluding tert-OH is 2. The predicted octanol–water partition coefficient (Wildman–Crippen LogP) is 1.36. The van der Waals surface area contributed by atoms with E-state index in [1.807, 2.05) is 6.92 Å². The summed E-state index contributed by atoms with van der Waals surface area (Å²) in [5.41, 5.74) is 1.25. The first-order valence-electron chi connectivity index (χ1n) is 4.90. The molecule has 0 radical (unpaired) electrons. The standard InChI is InChI=1S/C12H16O3/c1-2-4-10(14)7-9-5-3-6-12(15)11(9)8-13/h2-6,10,13-15H,7-8H2,1H3. The lowest BCUT2D eigenvalue weighted by molar-refractivity contribution is 0.221. The third kappa shape index (κ3) is 3.08. The molecule has 0 aliphatic rings. The second kappa shape index (κ2) is 5.53. The summed E-state index contributed by atoms with van der Waals surface area (Å²) in [5.74, 6) is 0.0719. The molecule has 15 heavy (non-hydrogen) atoms. The minimum Gasteiger partial charge on any atom is -0.508 e. The smallest absolute Gasteiger partial charge is 0.121 e. The van der Waals surface area contributed by atoms with Gasteiger partial charge >= 0.3 is 0 Å². The summed E-state index contributed by atoms with van der Waals surface area (Å²) in [4.78, 5) is 0.